The Bertz CT molecular complexity index is 605. The zero-order valence-corrected chi connectivity index (χ0v) is 14.4. The van der Waals surface area contributed by atoms with Gasteiger partial charge in [0.25, 0.3) is 0 Å². The van der Waals surface area contributed by atoms with E-state index in [1.807, 2.05) is 0 Å². The highest BCUT2D eigenvalue weighted by Crippen LogP contribution is 2.29. The predicted molar refractivity (Wildman–Crippen MR) is 91.5 cm³/mol. The van der Waals surface area contributed by atoms with Crippen LogP contribution in [-0.4, -0.2) is 17.6 Å². The van der Waals surface area contributed by atoms with Crippen LogP contribution in [0.25, 0.3) is 0 Å². The third-order valence-electron chi connectivity index (χ3n) is 3.84. The molecule has 1 aliphatic carbocycles. The van der Waals surface area contributed by atoms with Crippen LogP contribution in [0.15, 0.2) is 18.2 Å². The van der Waals surface area contributed by atoms with E-state index in [4.69, 9.17) is 4.74 Å². The first-order chi connectivity index (χ1) is 11.2. The summed E-state index contributed by atoms with van der Waals surface area (Å²) in [7, 11) is 0. The minimum absolute atomic E-state index is 0.167. The van der Waals surface area contributed by atoms with Crippen LogP contribution in [0.5, 0.6) is 0 Å². The molecule has 0 radical (unpaired) electrons. The van der Waals surface area contributed by atoms with Crippen molar-refractivity contribution in [2.24, 2.45) is 5.92 Å². The van der Waals surface area contributed by atoms with Crippen LogP contribution in [0.1, 0.15) is 52.9 Å². The Morgan fingerprint density at radius 2 is 1.83 bits per heavy atom. The quantitative estimate of drug-likeness (QED) is 0.838. The number of benzene rings is 1. The van der Waals surface area contributed by atoms with Crippen molar-refractivity contribution in [2.75, 3.05) is 10.6 Å². The first-order valence-corrected chi connectivity index (χ1v) is 8.32. The van der Waals surface area contributed by atoms with Crippen molar-refractivity contribution in [2.45, 2.75) is 58.5 Å². The topological polar surface area (TPSA) is 67.4 Å². The van der Waals surface area contributed by atoms with Gasteiger partial charge < -0.3 is 10.1 Å². The molecule has 1 aromatic rings. The standard InChI is InChI=1S/C18H25FN2O3/c1-18(2,3)24-17(23)21-14-9-8-13(19)11-15(14)20-16(22)10-12-6-4-5-7-12/h8-9,11-12H,4-7,10H2,1-3H3,(H,20,22)(H,21,23). The van der Waals surface area contributed by atoms with E-state index in [-0.39, 0.29) is 11.6 Å². The molecule has 0 saturated heterocycles. The van der Waals surface area contributed by atoms with E-state index in [0.29, 0.717) is 18.0 Å². The summed E-state index contributed by atoms with van der Waals surface area (Å²) >= 11 is 0. The van der Waals surface area contributed by atoms with Gasteiger partial charge in [0.2, 0.25) is 5.91 Å². The van der Waals surface area contributed by atoms with Crippen molar-refractivity contribution < 1.29 is 18.7 Å². The lowest BCUT2D eigenvalue weighted by Gasteiger charge is -2.20. The number of anilines is 2. The second-order valence-electron chi connectivity index (χ2n) is 7.22. The largest absolute Gasteiger partial charge is 0.444 e. The van der Waals surface area contributed by atoms with Crippen LogP contribution in [0.4, 0.5) is 20.6 Å². The molecule has 2 amide bonds. The maximum Gasteiger partial charge on any atom is 0.412 e. The van der Waals surface area contributed by atoms with E-state index >= 15 is 0 Å². The van der Waals surface area contributed by atoms with Crippen LogP contribution in [0.2, 0.25) is 0 Å². The SMILES string of the molecule is CC(C)(C)OC(=O)Nc1ccc(F)cc1NC(=O)CC1CCCC1. The summed E-state index contributed by atoms with van der Waals surface area (Å²) in [6.07, 6.45) is 4.19. The molecule has 2 N–H and O–H groups in total. The number of amides is 2. The number of rotatable bonds is 4. The molecule has 1 aliphatic rings. The number of halogens is 1. The lowest BCUT2D eigenvalue weighted by atomic mass is 10.0. The van der Waals surface area contributed by atoms with Gasteiger partial charge in [0.1, 0.15) is 11.4 Å². The predicted octanol–water partition coefficient (Wildman–Crippen LogP) is 4.69. The van der Waals surface area contributed by atoms with Crippen molar-refractivity contribution in [1.29, 1.82) is 0 Å². The summed E-state index contributed by atoms with van der Waals surface area (Å²) in [4.78, 5) is 24.1. The monoisotopic (exact) mass is 336 g/mol. The van der Waals surface area contributed by atoms with Gasteiger partial charge in [-0.15, -0.1) is 0 Å². The fourth-order valence-electron chi connectivity index (χ4n) is 2.82. The smallest absolute Gasteiger partial charge is 0.412 e. The molecule has 2 rings (SSSR count). The van der Waals surface area contributed by atoms with Gasteiger partial charge >= 0.3 is 6.09 Å². The summed E-state index contributed by atoms with van der Waals surface area (Å²) in [6.45, 7) is 5.25. The van der Waals surface area contributed by atoms with E-state index in [2.05, 4.69) is 10.6 Å². The molecule has 132 valence electrons. The molecule has 0 aliphatic heterocycles. The van der Waals surface area contributed by atoms with Gasteiger partial charge in [0, 0.05) is 6.42 Å². The van der Waals surface area contributed by atoms with E-state index in [1.165, 1.54) is 18.2 Å². The van der Waals surface area contributed by atoms with Gasteiger partial charge in [-0.2, -0.15) is 0 Å². The van der Waals surface area contributed by atoms with Crippen molar-refractivity contribution in [3.8, 4) is 0 Å². The Kier molecular flexibility index (Phi) is 5.80. The van der Waals surface area contributed by atoms with Crippen LogP contribution >= 0.6 is 0 Å². The number of ether oxygens (including phenoxy) is 1. The summed E-state index contributed by atoms with van der Waals surface area (Å²) in [6, 6.07) is 3.82. The van der Waals surface area contributed by atoms with E-state index in [1.54, 1.807) is 20.8 Å². The molecule has 0 bridgehead atoms. The Morgan fingerprint density at radius 1 is 1.17 bits per heavy atom. The minimum Gasteiger partial charge on any atom is -0.444 e. The Morgan fingerprint density at radius 3 is 2.46 bits per heavy atom. The van der Waals surface area contributed by atoms with Crippen LogP contribution in [0, 0.1) is 11.7 Å². The Labute approximate surface area is 142 Å². The molecule has 0 spiro atoms. The molecular weight excluding hydrogens is 311 g/mol. The molecule has 1 aromatic carbocycles. The van der Waals surface area contributed by atoms with Gasteiger partial charge in [-0.1, -0.05) is 12.8 Å². The zero-order chi connectivity index (χ0) is 17.7. The third-order valence-corrected chi connectivity index (χ3v) is 3.84. The molecule has 1 fully saturated rings. The highest BCUT2D eigenvalue weighted by molar-refractivity contribution is 5.97. The van der Waals surface area contributed by atoms with Gasteiger partial charge in [0.15, 0.2) is 0 Å². The van der Waals surface area contributed by atoms with Crippen molar-refractivity contribution >= 4 is 23.4 Å². The van der Waals surface area contributed by atoms with Crippen LogP contribution < -0.4 is 10.6 Å². The Hall–Kier alpha value is -2.11. The lowest BCUT2D eigenvalue weighted by molar-refractivity contribution is -0.117. The molecule has 5 nitrogen and oxygen atoms in total. The van der Waals surface area contributed by atoms with E-state index in [0.717, 1.165) is 25.7 Å². The highest BCUT2D eigenvalue weighted by Gasteiger charge is 2.20. The van der Waals surface area contributed by atoms with E-state index in [9.17, 15) is 14.0 Å². The molecule has 1 saturated carbocycles. The number of hydrogen-bond donors (Lipinski definition) is 2. The number of carbonyl (C=O) groups is 2. The van der Waals surface area contributed by atoms with Crippen molar-refractivity contribution in [1.82, 2.24) is 0 Å². The third kappa shape index (κ3) is 5.83. The summed E-state index contributed by atoms with van der Waals surface area (Å²) in [5.74, 6) is -0.263. The average molecular weight is 336 g/mol. The fourth-order valence-corrected chi connectivity index (χ4v) is 2.82. The summed E-state index contributed by atoms with van der Waals surface area (Å²) in [5, 5.41) is 5.25. The van der Waals surface area contributed by atoms with E-state index < -0.39 is 17.5 Å². The normalized spacial score (nSPS) is 15.2. The molecular formula is C18H25FN2O3. The van der Waals surface area contributed by atoms with Crippen LogP contribution in [0.3, 0.4) is 0 Å². The fraction of sp³-hybridized carbons (Fsp3) is 0.556. The number of nitrogens with one attached hydrogen (secondary N) is 2. The Balaban J connectivity index is 2.03. The van der Waals surface area contributed by atoms with Gasteiger partial charge in [-0.25, -0.2) is 9.18 Å². The second kappa shape index (κ2) is 7.64. The maximum atomic E-state index is 13.5. The molecule has 6 heteroatoms. The number of hydrogen-bond acceptors (Lipinski definition) is 3. The zero-order valence-electron chi connectivity index (χ0n) is 14.4. The molecule has 0 heterocycles. The highest BCUT2D eigenvalue weighted by atomic mass is 19.1. The molecule has 0 unspecified atom stereocenters. The lowest BCUT2D eigenvalue weighted by Crippen LogP contribution is -2.27. The first-order valence-electron chi connectivity index (χ1n) is 8.32. The molecule has 0 atom stereocenters. The summed E-state index contributed by atoms with van der Waals surface area (Å²) in [5.41, 5.74) is -0.0926. The van der Waals surface area contributed by atoms with Gasteiger partial charge in [0.05, 0.1) is 11.4 Å². The maximum absolute atomic E-state index is 13.5. The van der Waals surface area contributed by atoms with Gasteiger partial charge in [-0.05, 0) is 57.7 Å². The average Bonchev–Trinajstić information content (AvgIpc) is 2.92. The van der Waals surface area contributed by atoms with Crippen molar-refractivity contribution in [3.05, 3.63) is 24.0 Å². The van der Waals surface area contributed by atoms with Crippen molar-refractivity contribution in [3.63, 3.8) is 0 Å². The number of carbonyl (C=O) groups excluding carboxylic acids is 2. The van der Waals surface area contributed by atoms with Gasteiger partial charge in [-0.3, -0.25) is 10.1 Å². The molecule has 24 heavy (non-hydrogen) atoms. The molecule has 0 aromatic heterocycles. The minimum atomic E-state index is -0.652. The first kappa shape index (κ1) is 18.2. The summed E-state index contributed by atoms with van der Waals surface area (Å²) < 4.78 is 18.7. The second-order valence-corrected chi connectivity index (χ2v) is 7.22. The van der Waals surface area contributed by atoms with Crippen LogP contribution in [-0.2, 0) is 9.53 Å².